The lowest BCUT2D eigenvalue weighted by atomic mass is 10.1. The van der Waals surface area contributed by atoms with E-state index in [1.807, 2.05) is 12.1 Å². The molecule has 2 heterocycles. The lowest BCUT2D eigenvalue weighted by Crippen LogP contribution is -2.35. The van der Waals surface area contributed by atoms with Crippen molar-refractivity contribution in [2.24, 2.45) is 0 Å². The summed E-state index contributed by atoms with van der Waals surface area (Å²) in [7, 11) is 0. The summed E-state index contributed by atoms with van der Waals surface area (Å²) in [5.74, 6) is 0. The van der Waals surface area contributed by atoms with Crippen molar-refractivity contribution in [1.82, 2.24) is 14.5 Å². The van der Waals surface area contributed by atoms with Crippen LogP contribution in [0, 0.1) is 4.77 Å². The monoisotopic (exact) mass is 307 g/mol. The first-order valence-electron chi connectivity index (χ1n) is 6.75. The number of rotatable bonds is 2. The molecule has 0 spiro atoms. The molecular weight excluding hydrogens is 290 g/mol. The molecule has 0 bridgehead atoms. The van der Waals surface area contributed by atoms with Gasteiger partial charge in [0.05, 0.1) is 11.0 Å². The molecule has 0 aliphatic carbocycles. The van der Waals surface area contributed by atoms with E-state index in [1.54, 1.807) is 0 Å². The zero-order valence-corrected chi connectivity index (χ0v) is 13.3. The highest BCUT2D eigenvalue weighted by molar-refractivity contribution is 7.71. The Bertz CT molecular complexity index is 743. The Hall–Kier alpha value is -1.10. The third-order valence-electron chi connectivity index (χ3n) is 3.89. The van der Waals surface area contributed by atoms with Crippen molar-refractivity contribution in [3.63, 3.8) is 0 Å². The Morgan fingerprint density at radius 2 is 2.30 bits per heavy atom. The van der Waals surface area contributed by atoms with Crippen LogP contribution in [0.3, 0.4) is 0 Å². The normalized spacial score (nSPS) is 19.2. The molecule has 0 unspecified atom stereocenters. The summed E-state index contributed by atoms with van der Waals surface area (Å²) in [6.07, 6.45) is 0. The quantitative estimate of drug-likeness (QED) is 0.666. The molecule has 0 fully saturated rings. The maximum atomic E-state index is 6.43. The summed E-state index contributed by atoms with van der Waals surface area (Å²) in [4.78, 5) is 5.68. The predicted octanol–water partition coefficient (Wildman–Crippen LogP) is 4.13. The van der Waals surface area contributed by atoms with Gasteiger partial charge in [-0.1, -0.05) is 23.8 Å². The second-order valence-corrected chi connectivity index (χ2v) is 6.47. The number of aromatic amines is 1. The van der Waals surface area contributed by atoms with Gasteiger partial charge >= 0.3 is 0 Å². The molecule has 2 aromatic rings. The van der Waals surface area contributed by atoms with Crippen LogP contribution in [0.25, 0.3) is 11.0 Å². The van der Waals surface area contributed by atoms with Gasteiger partial charge in [0.1, 0.15) is 0 Å². The van der Waals surface area contributed by atoms with Crippen molar-refractivity contribution < 1.29 is 0 Å². The topological polar surface area (TPSA) is 24.0 Å². The Kier molecular flexibility index (Phi) is 3.48. The van der Waals surface area contributed by atoms with Crippen LogP contribution in [-0.4, -0.2) is 27.0 Å². The highest BCUT2D eigenvalue weighted by atomic mass is 35.5. The van der Waals surface area contributed by atoms with Crippen LogP contribution in [0.2, 0.25) is 5.02 Å². The fourth-order valence-electron chi connectivity index (χ4n) is 2.93. The standard InChI is InChI=1S/C15H18ClN3S/c1-9(2)6-18-8-11-12(16)4-5-13-14(11)19(7-10(18)3)15(20)17-13/h4-5,10H,1,6-8H2,2-3H3,(H,17,20)/t10-/m0/s1. The van der Waals surface area contributed by atoms with Crippen LogP contribution in [0.4, 0.5) is 0 Å². The third-order valence-corrected chi connectivity index (χ3v) is 4.56. The summed E-state index contributed by atoms with van der Waals surface area (Å²) in [5.41, 5.74) is 4.54. The number of hydrogen-bond donors (Lipinski definition) is 1. The first kappa shape index (κ1) is 13.9. The summed E-state index contributed by atoms with van der Waals surface area (Å²) < 4.78 is 2.95. The van der Waals surface area contributed by atoms with Gasteiger partial charge in [-0.15, -0.1) is 0 Å². The Labute approximate surface area is 128 Å². The van der Waals surface area contributed by atoms with E-state index in [1.165, 1.54) is 0 Å². The van der Waals surface area contributed by atoms with Gasteiger partial charge in [0.25, 0.3) is 0 Å². The molecule has 20 heavy (non-hydrogen) atoms. The highest BCUT2D eigenvalue weighted by Gasteiger charge is 2.24. The Morgan fingerprint density at radius 1 is 1.55 bits per heavy atom. The molecule has 1 aromatic carbocycles. The number of halogens is 1. The fraction of sp³-hybridized carbons (Fsp3) is 0.400. The Balaban J connectivity index is 2.19. The number of nitrogens with one attached hydrogen (secondary N) is 1. The van der Waals surface area contributed by atoms with Gasteiger partial charge in [-0.05, 0) is 38.2 Å². The van der Waals surface area contributed by atoms with Gasteiger partial charge in [-0.25, -0.2) is 0 Å². The van der Waals surface area contributed by atoms with Crippen LogP contribution in [0.1, 0.15) is 19.4 Å². The molecular formula is C15H18ClN3S. The van der Waals surface area contributed by atoms with Crippen molar-refractivity contribution in [2.75, 3.05) is 6.54 Å². The molecule has 1 aromatic heterocycles. The van der Waals surface area contributed by atoms with Crippen molar-refractivity contribution in [3.05, 3.63) is 39.6 Å². The van der Waals surface area contributed by atoms with E-state index in [0.29, 0.717) is 6.04 Å². The molecule has 1 aliphatic heterocycles. The molecule has 3 nitrogen and oxygen atoms in total. The number of aromatic nitrogens is 2. The molecule has 1 N–H and O–H groups in total. The number of imidazole rings is 1. The summed E-state index contributed by atoms with van der Waals surface area (Å²) in [5, 5.41) is 0.807. The van der Waals surface area contributed by atoms with Crippen LogP contribution < -0.4 is 0 Å². The molecule has 0 saturated heterocycles. The van der Waals surface area contributed by atoms with Crippen LogP contribution in [0.15, 0.2) is 24.3 Å². The second-order valence-electron chi connectivity index (χ2n) is 5.67. The minimum absolute atomic E-state index is 0.390. The first-order valence-corrected chi connectivity index (χ1v) is 7.54. The first-order chi connectivity index (χ1) is 9.47. The van der Waals surface area contributed by atoms with Crippen molar-refractivity contribution >= 4 is 34.9 Å². The van der Waals surface area contributed by atoms with Gasteiger partial charge < -0.3 is 9.55 Å². The van der Waals surface area contributed by atoms with E-state index in [-0.39, 0.29) is 0 Å². The number of hydrogen-bond acceptors (Lipinski definition) is 2. The third kappa shape index (κ3) is 2.22. The van der Waals surface area contributed by atoms with E-state index in [0.717, 1.165) is 51.6 Å². The maximum Gasteiger partial charge on any atom is 0.178 e. The van der Waals surface area contributed by atoms with Gasteiger partial charge in [-0.2, -0.15) is 0 Å². The summed E-state index contributed by atoms with van der Waals surface area (Å²) in [6, 6.07) is 4.34. The average Bonchev–Trinajstić information content (AvgIpc) is 2.59. The van der Waals surface area contributed by atoms with Gasteiger partial charge in [0.2, 0.25) is 0 Å². The molecule has 1 aliphatic rings. The molecule has 0 amide bonds. The van der Waals surface area contributed by atoms with Gasteiger partial charge in [0.15, 0.2) is 4.77 Å². The number of H-pyrrole nitrogens is 1. The van der Waals surface area contributed by atoms with Crippen LogP contribution in [0.5, 0.6) is 0 Å². The van der Waals surface area contributed by atoms with E-state index in [9.17, 15) is 0 Å². The van der Waals surface area contributed by atoms with E-state index in [2.05, 4.69) is 34.9 Å². The molecule has 3 rings (SSSR count). The van der Waals surface area contributed by atoms with Crippen LogP contribution in [-0.2, 0) is 13.1 Å². The summed E-state index contributed by atoms with van der Waals surface area (Å²) in [6.45, 7) is 10.9. The number of benzene rings is 1. The molecule has 1 atom stereocenters. The minimum atomic E-state index is 0.390. The van der Waals surface area contributed by atoms with Gasteiger partial charge in [0, 0.05) is 36.3 Å². The summed E-state index contributed by atoms with van der Waals surface area (Å²) >= 11 is 11.9. The average molecular weight is 308 g/mol. The van der Waals surface area contributed by atoms with Crippen molar-refractivity contribution in [3.8, 4) is 0 Å². The highest BCUT2D eigenvalue weighted by Crippen LogP contribution is 2.31. The zero-order valence-electron chi connectivity index (χ0n) is 11.7. The maximum absolute atomic E-state index is 6.43. The van der Waals surface area contributed by atoms with Crippen molar-refractivity contribution in [2.45, 2.75) is 33.0 Å². The van der Waals surface area contributed by atoms with E-state index >= 15 is 0 Å². The lowest BCUT2D eigenvalue weighted by Gasteiger charge is -2.27. The molecule has 0 saturated carbocycles. The smallest absolute Gasteiger partial charge is 0.178 e. The predicted molar refractivity (Wildman–Crippen MR) is 86.8 cm³/mol. The molecule has 106 valence electrons. The second kappa shape index (κ2) is 5.02. The number of nitrogens with zero attached hydrogens (tertiary/aromatic N) is 2. The Morgan fingerprint density at radius 3 is 3.00 bits per heavy atom. The van der Waals surface area contributed by atoms with E-state index in [4.69, 9.17) is 23.8 Å². The minimum Gasteiger partial charge on any atom is -0.331 e. The van der Waals surface area contributed by atoms with Crippen molar-refractivity contribution in [1.29, 1.82) is 0 Å². The van der Waals surface area contributed by atoms with Gasteiger partial charge in [-0.3, -0.25) is 4.90 Å². The zero-order chi connectivity index (χ0) is 14.4. The molecule has 0 radical (unpaired) electrons. The SMILES string of the molecule is C=C(C)CN1Cc2c(Cl)ccc3[nH]c(=S)n(c23)C[C@@H]1C. The fourth-order valence-corrected chi connectivity index (χ4v) is 3.41. The largest absolute Gasteiger partial charge is 0.331 e. The van der Waals surface area contributed by atoms with E-state index < -0.39 is 0 Å². The molecule has 5 heteroatoms. The lowest BCUT2D eigenvalue weighted by molar-refractivity contribution is 0.206. The van der Waals surface area contributed by atoms with Crippen LogP contribution >= 0.6 is 23.8 Å².